The van der Waals surface area contributed by atoms with Crippen molar-refractivity contribution in [2.24, 2.45) is 0 Å². The second kappa shape index (κ2) is 6.44. The van der Waals surface area contributed by atoms with E-state index < -0.39 is 5.91 Å². The van der Waals surface area contributed by atoms with E-state index in [4.69, 9.17) is 0 Å². The van der Waals surface area contributed by atoms with Crippen molar-refractivity contribution in [1.82, 2.24) is 4.98 Å². The Labute approximate surface area is 159 Å². The van der Waals surface area contributed by atoms with E-state index >= 15 is 0 Å². The fourth-order valence-corrected chi connectivity index (χ4v) is 3.56. The molecule has 1 aromatic heterocycles. The number of aryl methyl sites for hydroxylation is 1. The summed E-state index contributed by atoms with van der Waals surface area (Å²) in [4.78, 5) is 43.3. The summed E-state index contributed by atoms with van der Waals surface area (Å²) >= 11 is 1.30. The number of carbonyl (C=O) groups excluding carboxylic acids is 3. The molecule has 4 rings (SSSR count). The number of thiazole rings is 1. The van der Waals surface area contributed by atoms with Gasteiger partial charge in [-0.3, -0.25) is 19.7 Å². The Morgan fingerprint density at radius 2 is 1.85 bits per heavy atom. The zero-order valence-electron chi connectivity index (χ0n) is 14.6. The van der Waals surface area contributed by atoms with Crippen LogP contribution in [-0.2, 0) is 0 Å². The summed E-state index contributed by atoms with van der Waals surface area (Å²) in [5.74, 6) is -1.18. The normalized spacial score (nSPS) is 13.0. The number of nitrogens with zero attached hydrogens (tertiary/aromatic N) is 2. The van der Waals surface area contributed by atoms with Crippen molar-refractivity contribution in [3.63, 3.8) is 0 Å². The number of benzene rings is 2. The molecule has 134 valence electrons. The highest BCUT2D eigenvalue weighted by Crippen LogP contribution is 2.32. The highest BCUT2D eigenvalue weighted by atomic mass is 32.1. The lowest BCUT2D eigenvalue weighted by atomic mass is 10.1. The minimum absolute atomic E-state index is 0.229. The maximum absolute atomic E-state index is 12.9. The molecule has 27 heavy (non-hydrogen) atoms. The molecule has 2 aromatic carbocycles. The van der Waals surface area contributed by atoms with Crippen LogP contribution in [0.3, 0.4) is 0 Å². The number of fused-ring (bicyclic) bond motifs is 1. The van der Waals surface area contributed by atoms with E-state index in [0.717, 1.165) is 11.1 Å². The largest absolute Gasteiger partial charge is 0.298 e. The second-order valence-corrected chi connectivity index (χ2v) is 7.11. The highest BCUT2D eigenvalue weighted by molar-refractivity contribution is 7.13. The molecule has 1 N–H and O–H groups in total. The van der Waals surface area contributed by atoms with Gasteiger partial charge in [0.15, 0.2) is 5.13 Å². The quantitative estimate of drug-likeness (QED) is 0.704. The average Bonchev–Trinajstić information content (AvgIpc) is 3.25. The Morgan fingerprint density at radius 3 is 2.59 bits per heavy atom. The minimum atomic E-state index is -0.424. The molecule has 0 fully saturated rings. The van der Waals surface area contributed by atoms with Crippen LogP contribution in [0.15, 0.2) is 48.0 Å². The molecule has 0 aliphatic carbocycles. The van der Waals surface area contributed by atoms with Gasteiger partial charge >= 0.3 is 0 Å². The van der Waals surface area contributed by atoms with Gasteiger partial charge in [-0.1, -0.05) is 12.1 Å². The van der Waals surface area contributed by atoms with Crippen LogP contribution in [0.1, 0.15) is 42.2 Å². The van der Waals surface area contributed by atoms with Gasteiger partial charge < -0.3 is 0 Å². The third-order valence-corrected chi connectivity index (χ3v) is 5.31. The van der Waals surface area contributed by atoms with Gasteiger partial charge in [0.05, 0.1) is 16.8 Å². The Hall–Kier alpha value is -3.32. The molecule has 6 nitrogen and oxygen atoms in total. The fourth-order valence-electron chi connectivity index (χ4n) is 3.03. The lowest BCUT2D eigenvalue weighted by molar-refractivity contribution is 0.0925. The molecule has 0 spiro atoms. The number of rotatable bonds is 3. The van der Waals surface area contributed by atoms with Crippen molar-refractivity contribution in [3.8, 4) is 0 Å². The van der Waals surface area contributed by atoms with E-state index in [1.807, 2.05) is 26.0 Å². The van der Waals surface area contributed by atoms with Crippen LogP contribution in [0.2, 0.25) is 0 Å². The van der Waals surface area contributed by atoms with Crippen molar-refractivity contribution in [1.29, 1.82) is 0 Å². The van der Waals surface area contributed by atoms with Crippen molar-refractivity contribution >= 4 is 39.9 Å². The Balaban J connectivity index is 1.69. The van der Waals surface area contributed by atoms with E-state index in [9.17, 15) is 14.4 Å². The van der Waals surface area contributed by atoms with Gasteiger partial charge in [-0.25, -0.2) is 9.88 Å². The zero-order valence-corrected chi connectivity index (χ0v) is 15.5. The molecule has 2 heterocycles. The third-order valence-electron chi connectivity index (χ3n) is 4.62. The fraction of sp³-hybridized carbons (Fsp3) is 0.100. The van der Waals surface area contributed by atoms with Gasteiger partial charge in [0.1, 0.15) is 0 Å². The summed E-state index contributed by atoms with van der Waals surface area (Å²) in [6.07, 6.45) is 1.59. The molecule has 3 aromatic rings. The number of hydrogen-bond acceptors (Lipinski definition) is 5. The first-order chi connectivity index (χ1) is 13.0. The Kier molecular flexibility index (Phi) is 4.08. The van der Waals surface area contributed by atoms with Gasteiger partial charge in [0, 0.05) is 17.1 Å². The molecule has 1 aliphatic heterocycles. The molecular formula is C20H15N3O3S. The molecule has 1 aliphatic rings. The first-order valence-electron chi connectivity index (χ1n) is 8.27. The average molecular weight is 377 g/mol. The lowest BCUT2D eigenvalue weighted by Crippen LogP contribution is -2.30. The third kappa shape index (κ3) is 2.82. The number of carbonyl (C=O) groups is 3. The van der Waals surface area contributed by atoms with Crippen molar-refractivity contribution in [2.75, 3.05) is 10.2 Å². The molecule has 0 saturated carbocycles. The molecule has 0 bridgehead atoms. The monoisotopic (exact) mass is 377 g/mol. The zero-order chi connectivity index (χ0) is 19.1. The summed E-state index contributed by atoms with van der Waals surface area (Å²) in [5.41, 5.74) is 3.25. The lowest BCUT2D eigenvalue weighted by Gasteiger charge is -2.17. The van der Waals surface area contributed by atoms with Crippen LogP contribution >= 0.6 is 11.3 Å². The highest BCUT2D eigenvalue weighted by Gasteiger charge is 2.37. The van der Waals surface area contributed by atoms with Crippen LogP contribution in [0.4, 0.5) is 10.8 Å². The Morgan fingerprint density at radius 1 is 1.07 bits per heavy atom. The van der Waals surface area contributed by atoms with Crippen molar-refractivity contribution in [2.45, 2.75) is 13.8 Å². The predicted molar refractivity (Wildman–Crippen MR) is 104 cm³/mol. The van der Waals surface area contributed by atoms with Crippen molar-refractivity contribution < 1.29 is 14.4 Å². The Bertz CT molecular complexity index is 1090. The van der Waals surface area contributed by atoms with Crippen LogP contribution in [0, 0.1) is 13.8 Å². The number of hydrogen-bond donors (Lipinski definition) is 1. The summed E-state index contributed by atoms with van der Waals surface area (Å²) < 4.78 is 0. The van der Waals surface area contributed by atoms with Crippen LogP contribution in [0.5, 0.6) is 0 Å². The van der Waals surface area contributed by atoms with E-state index in [1.165, 1.54) is 28.4 Å². The van der Waals surface area contributed by atoms with E-state index in [2.05, 4.69) is 10.3 Å². The molecule has 7 heteroatoms. The molecular weight excluding hydrogens is 362 g/mol. The molecule has 0 unspecified atom stereocenters. The smallest absolute Gasteiger partial charge is 0.266 e. The molecule has 0 radical (unpaired) electrons. The number of aromatic nitrogens is 1. The number of anilines is 2. The molecule has 0 atom stereocenters. The van der Waals surface area contributed by atoms with E-state index in [0.29, 0.717) is 21.9 Å². The summed E-state index contributed by atoms with van der Waals surface area (Å²) in [5, 5.41) is 4.90. The summed E-state index contributed by atoms with van der Waals surface area (Å²) in [7, 11) is 0. The first kappa shape index (κ1) is 17.1. The molecule has 3 amide bonds. The van der Waals surface area contributed by atoms with Gasteiger partial charge in [-0.05, 0) is 49.2 Å². The predicted octanol–water partition coefficient (Wildman–Crippen LogP) is 3.81. The van der Waals surface area contributed by atoms with Crippen LogP contribution < -0.4 is 10.2 Å². The van der Waals surface area contributed by atoms with Gasteiger partial charge in [0.2, 0.25) is 0 Å². The topological polar surface area (TPSA) is 79.4 Å². The summed E-state index contributed by atoms with van der Waals surface area (Å²) in [6.45, 7) is 3.80. The standard InChI is InChI=1S/C20H15N3O3S/c1-11-4-3-5-16(12(11)2)23-18(25)14-7-6-13(10-15(14)19(23)26)17(24)22-20-21-8-9-27-20/h3-10H,1-2H3,(H,21,22,24). The number of nitrogens with one attached hydrogen (secondary N) is 1. The van der Waals surface area contributed by atoms with Crippen molar-refractivity contribution in [3.05, 3.63) is 75.8 Å². The number of amides is 3. The van der Waals surface area contributed by atoms with E-state index in [-0.39, 0.29) is 17.4 Å². The SMILES string of the molecule is Cc1cccc(N2C(=O)c3ccc(C(=O)Nc4nccs4)cc3C2=O)c1C. The first-order valence-corrected chi connectivity index (χ1v) is 9.15. The molecule has 0 saturated heterocycles. The maximum atomic E-state index is 12.9. The summed E-state index contributed by atoms with van der Waals surface area (Å²) in [6, 6.07) is 10.0. The van der Waals surface area contributed by atoms with Gasteiger partial charge in [-0.15, -0.1) is 11.3 Å². The van der Waals surface area contributed by atoms with Crippen LogP contribution in [-0.4, -0.2) is 22.7 Å². The number of imide groups is 1. The second-order valence-electron chi connectivity index (χ2n) is 6.22. The van der Waals surface area contributed by atoms with Gasteiger partial charge in [-0.2, -0.15) is 0 Å². The van der Waals surface area contributed by atoms with Crippen LogP contribution in [0.25, 0.3) is 0 Å². The van der Waals surface area contributed by atoms with E-state index in [1.54, 1.807) is 23.7 Å². The maximum Gasteiger partial charge on any atom is 0.266 e. The minimum Gasteiger partial charge on any atom is -0.298 e. The van der Waals surface area contributed by atoms with Gasteiger partial charge in [0.25, 0.3) is 17.7 Å².